The van der Waals surface area contributed by atoms with Gasteiger partial charge in [0.15, 0.2) is 0 Å². The zero-order chi connectivity index (χ0) is 20.4. The summed E-state index contributed by atoms with van der Waals surface area (Å²) in [6.45, 7) is 9.48. The number of nitrogens with one attached hydrogen (secondary N) is 4. The SMILES string of the molecule is C=C(N=N)N[C@H](C(=O)C(=O)CNC(=O)[C@H](C)NC(=O)[C@H](C)N)[C@@H](C)CC. The van der Waals surface area contributed by atoms with Crippen molar-refractivity contribution in [1.29, 1.82) is 5.53 Å². The molecule has 0 aromatic rings. The predicted molar refractivity (Wildman–Crippen MR) is 94.9 cm³/mol. The van der Waals surface area contributed by atoms with Crippen LogP contribution in [0.1, 0.15) is 34.1 Å². The fraction of sp³-hybridized carbons (Fsp3) is 0.625. The number of hydrogen-bond acceptors (Lipinski definition) is 8. The monoisotopic (exact) mass is 368 g/mol. The summed E-state index contributed by atoms with van der Waals surface area (Å²) in [6, 6.07) is -2.56. The lowest BCUT2D eigenvalue weighted by Gasteiger charge is -2.23. The molecule has 0 radical (unpaired) electrons. The van der Waals surface area contributed by atoms with E-state index >= 15 is 0 Å². The van der Waals surface area contributed by atoms with Crippen LogP contribution in [-0.4, -0.2) is 48.1 Å². The lowest BCUT2D eigenvalue weighted by molar-refractivity contribution is -0.138. The van der Waals surface area contributed by atoms with Crippen molar-refractivity contribution in [3.8, 4) is 0 Å². The number of carbonyl (C=O) groups is 4. The van der Waals surface area contributed by atoms with Gasteiger partial charge in [-0.25, -0.2) is 5.53 Å². The second-order valence-electron chi connectivity index (χ2n) is 6.09. The quantitative estimate of drug-likeness (QED) is 0.232. The van der Waals surface area contributed by atoms with E-state index in [-0.39, 0.29) is 11.7 Å². The summed E-state index contributed by atoms with van der Waals surface area (Å²) < 4.78 is 0. The van der Waals surface area contributed by atoms with E-state index in [1.807, 2.05) is 6.92 Å². The first-order valence-electron chi connectivity index (χ1n) is 8.28. The minimum atomic E-state index is -0.901. The molecule has 0 heterocycles. The molecule has 0 saturated heterocycles. The molecule has 2 amide bonds. The maximum Gasteiger partial charge on any atom is 0.242 e. The maximum atomic E-state index is 12.4. The molecule has 0 spiro atoms. The van der Waals surface area contributed by atoms with Crippen molar-refractivity contribution in [1.82, 2.24) is 16.0 Å². The largest absolute Gasteiger partial charge is 0.359 e. The number of nitrogens with zero attached hydrogens (tertiary/aromatic N) is 1. The highest BCUT2D eigenvalue weighted by Crippen LogP contribution is 2.11. The van der Waals surface area contributed by atoms with E-state index in [0.717, 1.165) is 0 Å². The standard InChI is InChI=1S/C16H28N6O4/c1-6-8(2)13(21-11(5)22-18)14(24)12(23)7-19-16(26)10(4)20-15(25)9(3)17/h8-10,13,18,21H,5-7,17H2,1-4H3,(H,19,26)(H,20,25)/t8-,9-,10-,13-/m0/s1. The van der Waals surface area contributed by atoms with Crippen molar-refractivity contribution >= 4 is 23.4 Å². The van der Waals surface area contributed by atoms with Gasteiger partial charge in [-0.2, -0.15) is 0 Å². The van der Waals surface area contributed by atoms with Crippen LogP contribution in [0.4, 0.5) is 0 Å². The third-order valence-electron chi connectivity index (χ3n) is 3.82. The molecule has 10 heteroatoms. The van der Waals surface area contributed by atoms with Crippen LogP contribution in [0, 0.1) is 11.4 Å². The van der Waals surface area contributed by atoms with E-state index in [9.17, 15) is 19.2 Å². The molecule has 4 atom stereocenters. The smallest absolute Gasteiger partial charge is 0.242 e. The second-order valence-corrected chi connectivity index (χ2v) is 6.09. The topological polar surface area (TPSA) is 167 Å². The average molecular weight is 368 g/mol. The van der Waals surface area contributed by atoms with Crippen molar-refractivity contribution in [2.75, 3.05) is 6.54 Å². The van der Waals surface area contributed by atoms with Gasteiger partial charge < -0.3 is 21.7 Å². The van der Waals surface area contributed by atoms with Gasteiger partial charge >= 0.3 is 0 Å². The van der Waals surface area contributed by atoms with Crippen LogP contribution in [0.25, 0.3) is 0 Å². The zero-order valence-corrected chi connectivity index (χ0v) is 15.6. The number of carbonyl (C=O) groups excluding carboxylic acids is 4. The van der Waals surface area contributed by atoms with Gasteiger partial charge in [0.2, 0.25) is 23.4 Å². The maximum absolute atomic E-state index is 12.4. The summed E-state index contributed by atoms with van der Waals surface area (Å²) in [5.74, 6) is -2.90. The Balaban J connectivity index is 4.78. The van der Waals surface area contributed by atoms with Crippen LogP contribution in [0.2, 0.25) is 0 Å². The van der Waals surface area contributed by atoms with Crippen LogP contribution in [0.5, 0.6) is 0 Å². The Kier molecular flexibility index (Phi) is 9.97. The average Bonchev–Trinajstić information content (AvgIpc) is 2.61. The molecule has 146 valence electrons. The number of Topliss-reactive ketones (excluding diaryl/α,β-unsaturated/α-hetero) is 2. The Morgan fingerprint density at radius 1 is 1.12 bits per heavy atom. The van der Waals surface area contributed by atoms with E-state index in [1.54, 1.807) is 6.92 Å². The Bertz CT molecular complexity index is 575. The Labute approximate surface area is 152 Å². The number of ketones is 2. The van der Waals surface area contributed by atoms with Crippen LogP contribution in [0.15, 0.2) is 17.5 Å². The third kappa shape index (κ3) is 7.51. The molecule has 0 aliphatic heterocycles. The summed E-state index contributed by atoms with van der Waals surface area (Å²) in [6.07, 6.45) is 0.606. The predicted octanol–water partition coefficient (Wildman–Crippen LogP) is -0.401. The van der Waals surface area contributed by atoms with Crippen LogP contribution >= 0.6 is 0 Å². The van der Waals surface area contributed by atoms with E-state index in [0.29, 0.717) is 6.42 Å². The zero-order valence-electron chi connectivity index (χ0n) is 15.6. The molecule has 10 nitrogen and oxygen atoms in total. The van der Waals surface area contributed by atoms with Gasteiger partial charge in [-0.05, 0) is 19.8 Å². The van der Waals surface area contributed by atoms with Crippen LogP contribution in [-0.2, 0) is 19.2 Å². The summed E-state index contributed by atoms with van der Waals surface area (Å²) in [5, 5.41) is 10.4. The fourth-order valence-corrected chi connectivity index (χ4v) is 1.91. The summed E-state index contributed by atoms with van der Waals surface area (Å²) >= 11 is 0. The van der Waals surface area contributed by atoms with Crippen molar-refractivity contribution in [3.05, 3.63) is 12.4 Å². The molecule has 0 saturated carbocycles. The van der Waals surface area contributed by atoms with Gasteiger partial charge in [0.05, 0.1) is 18.6 Å². The van der Waals surface area contributed by atoms with Crippen molar-refractivity contribution < 1.29 is 19.2 Å². The van der Waals surface area contributed by atoms with Gasteiger partial charge in [0.1, 0.15) is 11.9 Å². The third-order valence-corrected chi connectivity index (χ3v) is 3.82. The number of amides is 2. The molecule has 0 aromatic heterocycles. The Morgan fingerprint density at radius 3 is 2.15 bits per heavy atom. The first kappa shape index (κ1) is 23.4. The van der Waals surface area contributed by atoms with Gasteiger partial charge in [-0.1, -0.05) is 26.8 Å². The molecule has 0 bridgehead atoms. The van der Waals surface area contributed by atoms with E-state index in [2.05, 4.69) is 27.6 Å². The highest BCUT2D eigenvalue weighted by atomic mass is 16.2. The molecule has 26 heavy (non-hydrogen) atoms. The fourth-order valence-electron chi connectivity index (χ4n) is 1.91. The summed E-state index contributed by atoms with van der Waals surface area (Å²) in [5.41, 5.74) is 12.3. The molecule has 0 unspecified atom stereocenters. The first-order chi connectivity index (χ1) is 12.0. The van der Waals surface area contributed by atoms with Crippen molar-refractivity contribution in [3.63, 3.8) is 0 Å². The molecule has 0 rings (SSSR count). The molecular weight excluding hydrogens is 340 g/mol. The summed E-state index contributed by atoms with van der Waals surface area (Å²) in [7, 11) is 0. The highest BCUT2D eigenvalue weighted by Gasteiger charge is 2.30. The molecule has 0 fully saturated rings. The van der Waals surface area contributed by atoms with Crippen molar-refractivity contribution in [2.45, 2.75) is 52.2 Å². The van der Waals surface area contributed by atoms with Crippen molar-refractivity contribution in [2.24, 2.45) is 16.8 Å². The summed E-state index contributed by atoms with van der Waals surface area (Å²) in [4.78, 5) is 47.8. The minimum Gasteiger partial charge on any atom is -0.359 e. The molecule has 0 aliphatic rings. The molecule has 6 N–H and O–H groups in total. The number of hydrogen-bond donors (Lipinski definition) is 5. The van der Waals surface area contributed by atoms with Crippen LogP contribution in [0.3, 0.4) is 0 Å². The van der Waals surface area contributed by atoms with Gasteiger partial charge in [0, 0.05) is 0 Å². The number of nitrogens with two attached hydrogens (primary N) is 1. The Morgan fingerprint density at radius 2 is 1.69 bits per heavy atom. The van der Waals surface area contributed by atoms with Crippen LogP contribution < -0.4 is 21.7 Å². The van der Waals surface area contributed by atoms with Gasteiger partial charge in [-0.3, -0.25) is 19.2 Å². The molecule has 0 aliphatic carbocycles. The lowest BCUT2D eigenvalue weighted by Crippen LogP contribution is -2.51. The molecular formula is C16H28N6O4. The lowest BCUT2D eigenvalue weighted by atomic mass is 9.93. The highest BCUT2D eigenvalue weighted by molar-refractivity contribution is 6.40. The second kappa shape index (κ2) is 11.1. The van der Waals surface area contributed by atoms with Gasteiger partial charge in [-0.15, -0.1) is 5.11 Å². The number of rotatable bonds is 12. The molecule has 0 aromatic carbocycles. The van der Waals surface area contributed by atoms with E-state index < -0.39 is 48.1 Å². The van der Waals surface area contributed by atoms with E-state index in [4.69, 9.17) is 11.3 Å². The van der Waals surface area contributed by atoms with E-state index in [1.165, 1.54) is 13.8 Å². The Hall–Kier alpha value is -2.62. The normalized spacial score (nSPS) is 15.0. The first-order valence-corrected chi connectivity index (χ1v) is 8.28. The minimum absolute atomic E-state index is 0.0345. The van der Waals surface area contributed by atoms with Gasteiger partial charge in [0.25, 0.3) is 0 Å².